The topological polar surface area (TPSA) is 109 Å². The van der Waals surface area contributed by atoms with Gasteiger partial charge in [0.2, 0.25) is 0 Å². The zero-order valence-corrected chi connectivity index (χ0v) is 12.0. The number of anilines is 1. The van der Waals surface area contributed by atoms with E-state index in [-0.39, 0.29) is 27.6 Å². The first-order valence-electron chi connectivity index (χ1n) is 5.82. The smallest absolute Gasteiger partial charge is 0.340 e. The number of phenols is 1. The molecule has 2 aromatic rings. The number of carbonyl (C=O) groups is 2. The van der Waals surface area contributed by atoms with Crippen LogP contribution in [-0.4, -0.2) is 33.6 Å². The fourth-order valence-electron chi connectivity index (χ4n) is 1.71. The van der Waals surface area contributed by atoms with E-state index in [1.165, 1.54) is 25.3 Å². The van der Waals surface area contributed by atoms with E-state index in [0.29, 0.717) is 5.69 Å². The summed E-state index contributed by atoms with van der Waals surface area (Å²) in [6.45, 7) is 1.55. The predicted molar refractivity (Wildman–Crippen MR) is 76.4 cm³/mol. The van der Waals surface area contributed by atoms with Crippen LogP contribution in [0.3, 0.4) is 0 Å². The van der Waals surface area contributed by atoms with Crippen LogP contribution in [0.1, 0.15) is 26.4 Å². The largest absolute Gasteiger partial charge is 0.504 e. The number of aromatic nitrogens is 1. The second-order valence-corrected chi connectivity index (χ2v) is 4.89. The Morgan fingerprint density at radius 3 is 2.67 bits per heavy atom. The average Bonchev–Trinajstić information content (AvgIpc) is 2.79. The summed E-state index contributed by atoms with van der Waals surface area (Å²) in [5.74, 6) is -1.64. The number of carboxylic acids is 1. The van der Waals surface area contributed by atoms with Crippen LogP contribution >= 0.6 is 11.5 Å². The average molecular weight is 308 g/mol. The molecule has 0 saturated heterocycles. The summed E-state index contributed by atoms with van der Waals surface area (Å²) in [5, 5.41) is 21.4. The van der Waals surface area contributed by atoms with Gasteiger partial charge >= 0.3 is 5.97 Å². The monoisotopic (exact) mass is 308 g/mol. The van der Waals surface area contributed by atoms with E-state index in [9.17, 15) is 14.7 Å². The van der Waals surface area contributed by atoms with Crippen LogP contribution in [0, 0.1) is 6.92 Å². The third-order valence-electron chi connectivity index (χ3n) is 2.74. The van der Waals surface area contributed by atoms with E-state index in [1.807, 2.05) is 0 Å². The summed E-state index contributed by atoms with van der Waals surface area (Å²) < 4.78 is 8.79. The molecule has 1 amide bonds. The van der Waals surface area contributed by atoms with Gasteiger partial charge in [-0.25, -0.2) is 4.79 Å². The maximum Gasteiger partial charge on any atom is 0.340 e. The molecule has 0 bridgehead atoms. The maximum absolute atomic E-state index is 12.1. The van der Waals surface area contributed by atoms with E-state index < -0.39 is 11.9 Å². The predicted octanol–water partition coefficient (Wildman–Crippen LogP) is 2.12. The molecular formula is C13H12N2O5S. The quantitative estimate of drug-likeness (QED) is 0.798. The number of hydrogen-bond donors (Lipinski definition) is 3. The van der Waals surface area contributed by atoms with Crippen LogP contribution in [0.5, 0.6) is 11.5 Å². The Hall–Kier alpha value is -2.61. The van der Waals surface area contributed by atoms with E-state index in [4.69, 9.17) is 9.84 Å². The second kappa shape index (κ2) is 5.80. The van der Waals surface area contributed by atoms with E-state index in [1.54, 1.807) is 6.92 Å². The van der Waals surface area contributed by atoms with Crippen molar-refractivity contribution in [3.05, 3.63) is 35.0 Å². The van der Waals surface area contributed by atoms with Gasteiger partial charge in [-0.1, -0.05) is 0 Å². The highest BCUT2D eigenvalue weighted by atomic mass is 32.1. The molecule has 1 heterocycles. The molecule has 110 valence electrons. The van der Waals surface area contributed by atoms with Gasteiger partial charge < -0.3 is 20.3 Å². The van der Waals surface area contributed by atoms with E-state index in [0.717, 1.165) is 11.5 Å². The first kappa shape index (κ1) is 14.8. The van der Waals surface area contributed by atoms with Crippen LogP contribution < -0.4 is 10.1 Å². The molecule has 0 radical (unpaired) electrons. The lowest BCUT2D eigenvalue weighted by molar-refractivity contribution is 0.0697. The maximum atomic E-state index is 12.1. The molecule has 2 rings (SSSR count). The van der Waals surface area contributed by atoms with E-state index in [2.05, 4.69) is 9.69 Å². The Bertz CT molecular complexity index is 711. The number of ether oxygens (including phenoxy) is 1. The summed E-state index contributed by atoms with van der Waals surface area (Å²) in [7, 11) is 1.40. The number of methoxy groups -OCH3 is 1. The molecule has 0 spiro atoms. The molecule has 0 fully saturated rings. The number of benzene rings is 1. The lowest BCUT2D eigenvalue weighted by Gasteiger charge is -2.07. The molecule has 0 aliphatic rings. The van der Waals surface area contributed by atoms with Crippen molar-refractivity contribution in [3.8, 4) is 11.5 Å². The normalized spacial score (nSPS) is 10.2. The van der Waals surface area contributed by atoms with Crippen molar-refractivity contribution in [1.82, 2.24) is 4.37 Å². The number of nitrogens with one attached hydrogen (secondary N) is 1. The number of carboxylic acid groups (broad SMARTS) is 1. The molecule has 0 atom stereocenters. The minimum atomic E-state index is -1.16. The highest BCUT2D eigenvalue weighted by Gasteiger charge is 2.20. The summed E-state index contributed by atoms with van der Waals surface area (Å²) >= 11 is 0.889. The minimum absolute atomic E-state index is 0.0360. The van der Waals surface area contributed by atoms with Gasteiger partial charge in [-0.3, -0.25) is 4.79 Å². The van der Waals surface area contributed by atoms with Crippen molar-refractivity contribution in [2.24, 2.45) is 0 Å². The lowest BCUT2D eigenvalue weighted by Crippen LogP contribution is -2.13. The Morgan fingerprint density at radius 1 is 1.38 bits per heavy atom. The molecule has 0 unspecified atom stereocenters. The number of amides is 1. The number of carbonyl (C=O) groups excluding carboxylic acids is 1. The van der Waals surface area contributed by atoms with Crippen molar-refractivity contribution in [2.75, 3.05) is 12.4 Å². The zero-order chi connectivity index (χ0) is 15.6. The number of hydrogen-bond acceptors (Lipinski definition) is 6. The Morgan fingerprint density at radius 2 is 2.10 bits per heavy atom. The Labute approximate surface area is 124 Å². The van der Waals surface area contributed by atoms with Crippen molar-refractivity contribution in [3.63, 3.8) is 0 Å². The molecule has 1 aromatic carbocycles. The highest BCUT2D eigenvalue weighted by molar-refractivity contribution is 7.11. The van der Waals surface area contributed by atoms with Gasteiger partial charge in [0.15, 0.2) is 11.5 Å². The third-order valence-corrected chi connectivity index (χ3v) is 3.60. The van der Waals surface area contributed by atoms with Crippen LogP contribution in [-0.2, 0) is 0 Å². The van der Waals surface area contributed by atoms with Crippen LogP contribution in [0.2, 0.25) is 0 Å². The highest BCUT2D eigenvalue weighted by Crippen LogP contribution is 2.28. The first-order chi connectivity index (χ1) is 9.93. The summed E-state index contributed by atoms with van der Waals surface area (Å²) in [6.07, 6.45) is 0. The van der Waals surface area contributed by atoms with Gasteiger partial charge in [0, 0.05) is 5.56 Å². The van der Waals surface area contributed by atoms with Gasteiger partial charge in [0.25, 0.3) is 5.91 Å². The molecule has 3 N–H and O–H groups in total. The fraction of sp³-hybridized carbons (Fsp3) is 0.154. The molecule has 0 aliphatic heterocycles. The Balaban J connectivity index is 2.26. The van der Waals surface area contributed by atoms with Gasteiger partial charge in [0.1, 0.15) is 10.6 Å². The summed E-state index contributed by atoms with van der Waals surface area (Å²) in [4.78, 5) is 23.2. The molecule has 21 heavy (non-hydrogen) atoms. The minimum Gasteiger partial charge on any atom is -0.504 e. The number of phenolic OH excluding ortho intramolecular Hbond substituents is 1. The summed E-state index contributed by atoms with van der Waals surface area (Å²) in [5.41, 5.74) is 0.474. The summed E-state index contributed by atoms with van der Waals surface area (Å²) in [6, 6.07) is 4.14. The van der Waals surface area contributed by atoms with Gasteiger partial charge in [-0.2, -0.15) is 4.37 Å². The molecule has 0 saturated carbocycles. The van der Waals surface area contributed by atoms with Gasteiger partial charge in [-0.15, -0.1) is 0 Å². The van der Waals surface area contributed by atoms with Crippen LogP contribution in [0.25, 0.3) is 0 Å². The Kier molecular flexibility index (Phi) is 4.08. The number of nitrogens with zero attached hydrogens (tertiary/aromatic N) is 1. The fourth-order valence-corrected chi connectivity index (χ4v) is 2.50. The molecule has 0 aliphatic carbocycles. The van der Waals surface area contributed by atoms with E-state index >= 15 is 0 Å². The van der Waals surface area contributed by atoms with Crippen molar-refractivity contribution >= 4 is 28.4 Å². The zero-order valence-electron chi connectivity index (χ0n) is 11.2. The third kappa shape index (κ3) is 2.95. The molecule has 8 heteroatoms. The second-order valence-electron chi connectivity index (χ2n) is 4.12. The first-order valence-corrected chi connectivity index (χ1v) is 6.59. The van der Waals surface area contributed by atoms with Crippen LogP contribution in [0.15, 0.2) is 18.2 Å². The number of aryl methyl sites for hydroxylation is 1. The van der Waals surface area contributed by atoms with Crippen molar-refractivity contribution in [1.29, 1.82) is 0 Å². The standard InChI is InChI=1S/C13H12N2O5S/c1-6-10(13(18)19)12(21-15-6)14-11(17)7-3-4-9(20-2)8(16)5-7/h3-5,16H,1-2H3,(H,14,17)(H,18,19). The molecule has 1 aromatic heterocycles. The number of aromatic carboxylic acids is 1. The SMILES string of the molecule is COc1ccc(C(=O)Nc2snc(C)c2C(=O)O)cc1O. The number of rotatable bonds is 4. The van der Waals surface area contributed by atoms with Gasteiger partial charge in [-0.05, 0) is 36.7 Å². The van der Waals surface area contributed by atoms with Gasteiger partial charge in [0.05, 0.1) is 12.8 Å². The van der Waals surface area contributed by atoms with Crippen LogP contribution in [0.4, 0.5) is 5.00 Å². The van der Waals surface area contributed by atoms with Crippen molar-refractivity contribution < 1.29 is 24.5 Å². The molecular weight excluding hydrogens is 296 g/mol. The lowest BCUT2D eigenvalue weighted by atomic mass is 10.2. The number of aromatic hydroxyl groups is 1. The van der Waals surface area contributed by atoms with Crippen molar-refractivity contribution in [2.45, 2.75) is 6.92 Å². The molecule has 7 nitrogen and oxygen atoms in total.